The fourth-order valence-electron chi connectivity index (χ4n) is 2.72. The summed E-state index contributed by atoms with van der Waals surface area (Å²) in [6, 6.07) is 11.3. The van der Waals surface area contributed by atoms with Crippen LogP contribution in [0, 0.1) is 0 Å². The molecular formula is C18H16N2O4S. The molecule has 4 rings (SSSR count). The largest absolute Gasteiger partial charge is 0.448 e. The average Bonchev–Trinajstić information content (AvgIpc) is 3.25. The molecule has 0 saturated heterocycles. The van der Waals surface area contributed by atoms with Crippen molar-refractivity contribution in [3.63, 3.8) is 0 Å². The first-order valence-electron chi connectivity index (χ1n) is 7.87. The Bertz CT molecular complexity index is 1050. The number of hydrogen-bond donors (Lipinski definition) is 1. The Morgan fingerprint density at radius 2 is 2.16 bits per heavy atom. The van der Waals surface area contributed by atoms with Crippen molar-refractivity contribution in [2.45, 2.75) is 19.3 Å². The first-order chi connectivity index (χ1) is 12.2. The lowest BCUT2D eigenvalue weighted by Crippen LogP contribution is -2.29. The van der Waals surface area contributed by atoms with E-state index < -0.39 is 6.10 Å². The standard InChI is InChI=1S/C18H16N2O4S/c21-12(9-23-10-13-4-3-7-25-13)8-20-11-19-16-14-5-1-2-6-15(14)24-17(16)18(20)22/h1-7,11-12,21H,8-10H2. The molecule has 1 aromatic carbocycles. The van der Waals surface area contributed by atoms with Crippen molar-refractivity contribution < 1.29 is 14.3 Å². The fraction of sp³-hybridized carbons (Fsp3) is 0.222. The van der Waals surface area contributed by atoms with Gasteiger partial charge in [0.2, 0.25) is 5.58 Å². The zero-order valence-electron chi connectivity index (χ0n) is 13.3. The maximum absolute atomic E-state index is 12.6. The quantitative estimate of drug-likeness (QED) is 0.575. The lowest BCUT2D eigenvalue weighted by molar-refractivity contribution is 0.0207. The van der Waals surface area contributed by atoms with Crippen LogP contribution in [0.3, 0.4) is 0 Å². The van der Waals surface area contributed by atoms with Crippen LogP contribution in [0.5, 0.6) is 0 Å². The van der Waals surface area contributed by atoms with E-state index in [0.29, 0.717) is 17.7 Å². The third kappa shape index (κ3) is 3.21. The molecular weight excluding hydrogens is 340 g/mol. The van der Waals surface area contributed by atoms with Crippen molar-refractivity contribution in [2.75, 3.05) is 6.61 Å². The molecule has 0 aliphatic rings. The fourth-order valence-corrected chi connectivity index (χ4v) is 3.36. The van der Waals surface area contributed by atoms with E-state index in [4.69, 9.17) is 9.15 Å². The molecule has 25 heavy (non-hydrogen) atoms. The number of para-hydroxylation sites is 1. The van der Waals surface area contributed by atoms with Crippen LogP contribution in [0.15, 0.2) is 57.3 Å². The summed E-state index contributed by atoms with van der Waals surface area (Å²) >= 11 is 1.60. The van der Waals surface area contributed by atoms with Crippen LogP contribution in [-0.2, 0) is 17.9 Å². The van der Waals surface area contributed by atoms with E-state index in [9.17, 15) is 9.90 Å². The lowest BCUT2D eigenvalue weighted by Gasteiger charge is -2.12. The summed E-state index contributed by atoms with van der Waals surface area (Å²) in [6.45, 7) is 0.691. The zero-order valence-corrected chi connectivity index (χ0v) is 14.1. The van der Waals surface area contributed by atoms with Crippen LogP contribution in [0.2, 0.25) is 0 Å². The summed E-state index contributed by atoms with van der Waals surface area (Å²) in [6.07, 6.45) is 0.635. The van der Waals surface area contributed by atoms with Crippen LogP contribution in [0.1, 0.15) is 4.88 Å². The number of furan rings is 1. The molecule has 0 aliphatic heterocycles. The molecule has 0 saturated carbocycles. The van der Waals surface area contributed by atoms with Gasteiger partial charge in [-0.3, -0.25) is 9.36 Å². The molecule has 0 aliphatic carbocycles. The summed E-state index contributed by atoms with van der Waals surface area (Å²) in [4.78, 5) is 18.0. The summed E-state index contributed by atoms with van der Waals surface area (Å²) in [5, 5.41) is 12.9. The van der Waals surface area contributed by atoms with Gasteiger partial charge in [0.05, 0.1) is 32.2 Å². The molecule has 0 radical (unpaired) electrons. The van der Waals surface area contributed by atoms with Crippen molar-refractivity contribution in [2.24, 2.45) is 0 Å². The Morgan fingerprint density at radius 1 is 1.28 bits per heavy atom. The van der Waals surface area contributed by atoms with Crippen LogP contribution >= 0.6 is 11.3 Å². The number of aliphatic hydroxyl groups is 1. The molecule has 128 valence electrons. The van der Waals surface area contributed by atoms with Gasteiger partial charge in [-0.05, 0) is 23.6 Å². The number of benzene rings is 1. The van der Waals surface area contributed by atoms with Gasteiger partial charge in [0.15, 0.2) is 0 Å². The van der Waals surface area contributed by atoms with E-state index in [1.807, 2.05) is 35.7 Å². The highest BCUT2D eigenvalue weighted by Crippen LogP contribution is 2.24. The van der Waals surface area contributed by atoms with Crippen molar-refractivity contribution in [3.05, 3.63) is 63.3 Å². The number of aromatic nitrogens is 2. The Kier molecular flexibility index (Phi) is 4.35. The molecule has 0 amide bonds. The van der Waals surface area contributed by atoms with Gasteiger partial charge < -0.3 is 14.3 Å². The minimum absolute atomic E-state index is 0.100. The maximum atomic E-state index is 12.6. The first kappa shape index (κ1) is 16.0. The number of hydrogen-bond acceptors (Lipinski definition) is 6. The van der Waals surface area contributed by atoms with Crippen LogP contribution in [0.4, 0.5) is 0 Å². The molecule has 6 nitrogen and oxygen atoms in total. The van der Waals surface area contributed by atoms with E-state index in [0.717, 1.165) is 10.3 Å². The van der Waals surface area contributed by atoms with Gasteiger partial charge in [0.1, 0.15) is 11.1 Å². The van der Waals surface area contributed by atoms with Gasteiger partial charge in [-0.25, -0.2) is 4.98 Å². The summed E-state index contributed by atoms with van der Waals surface area (Å²) < 4.78 is 12.5. The third-order valence-electron chi connectivity index (χ3n) is 3.89. The van der Waals surface area contributed by atoms with Crippen molar-refractivity contribution in [1.82, 2.24) is 9.55 Å². The predicted molar refractivity (Wildman–Crippen MR) is 95.8 cm³/mol. The number of aliphatic hydroxyl groups excluding tert-OH is 1. The highest BCUT2D eigenvalue weighted by molar-refractivity contribution is 7.09. The average molecular weight is 356 g/mol. The molecule has 0 fully saturated rings. The summed E-state index contributed by atoms with van der Waals surface area (Å²) in [5.41, 5.74) is 1.06. The molecule has 0 spiro atoms. The molecule has 7 heteroatoms. The number of ether oxygens (including phenoxy) is 1. The van der Waals surface area contributed by atoms with Gasteiger partial charge in [0.25, 0.3) is 5.56 Å². The second-order valence-corrected chi connectivity index (χ2v) is 6.76. The molecule has 1 unspecified atom stereocenters. The Balaban J connectivity index is 1.50. The monoisotopic (exact) mass is 356 g/mol. The van der Waals surface area contributed by atoms with Gasteiger partial charge >= 0.3 is 0 Å². The number of nitrogens with zero attached hydrogens (tertiary/aromatic N) is 2. The topological polar surface area (TPSA) is 77.5 Å². The molecule has 3 aromatic heterocycles. The minimum atomic E-state index is -0.804. The van der Waals surface area contributed by atoms with E-state index in [1.54, 1.807) is 17.4 Å². The van der Waals surface area contributed by atoms with Gasteiger partial charge in [-0.2, -0.15) is 0 Å². The van der Waals surface area contributed by atoms with Crippen molar-refractivity contribution in [1.29, 1.82) is 0 Å². The van der Waals surface area contributed by atoms with Gasteiger partial charge in [-0.1, -0.05) is 18.2 Å². The lowest BCUT2D eigenvalue weighted by atomic mass is 10.2. The van der Waals surface area contributed by atoms with Crippen molar-refractivity contribution >= 4 is 33.4 Å². The van der Waals surface area contributed by atoms with Crippen molar-refractivity contribution in [3.8, 4) is 0 Å². The Hall–Kier alpha value is -2.48. The van der Waals surface area contributed by atoms with Crippen LogP contribution < -0.4 is 5.56 Å². The highest BCUT2D eigenvalue weighted by atomic mass is 32.1. The highest BCUT2D eigenvalue weighted by Gasteiger charge is 2.15. The second kappa shape index (κ2) is 6.79. The first-order valence-corrected chi connectivity index (χ1v) is 8.75. The van der Waals surface area contributed by atoms with Gasteiger partial charge in [-0.15, -0.1) is 11.3 Å². The smallest absolute Gasteiger partial charge is 0.297 e. The number of fused-ring (bicyclic) bond motifs is 3. The maximum Gasteiger partial charge on any atom is 0.297 e. The van der Waals surface area contributed by atoms with E-state index in [-0.39, 0.29) is 24.3 Å². The van der Waals surface area contributed by atoms with Crippen LogP contribution in [-0.4, -0.2) is 27.4 Å². The SMILES string of the molecule is O=c1c2oc3ccccc3c2ncn1CC(O)COCc1cccs1. The zero-order chi connectivity index (χ0) is 17.2. The second-order valence-electron chi connectivity index (χ2n) is 5.73. The van der Waals surface area contributed by atoms with E-state index in [2.05, 4.69) is 4.98 Å². The molecule has 1 N–H and O–H groups in total. The number of rotatable bonds is 6. The summed E-state index contributed by atoms with van der Waals surface area (Å²) in [7, 11) is 0. The molecule has 3 heterocycles. The third-order valence-corrected chi connectivity index (χ3v) is 4.74. The normalized spacial score (nSPS) is 12.8. The number of thiophene rings is 1. The summed E-state index contributed by atoms with van der Waals surface area (Å²) in [5.74, 6) is 0. The van der Waals surface area contributed by atoms with E-state index in [1.165, 1.54) is 10.9 Å². The van der Waals surface area contributed by atoms with E-state index >= 15 is 0 Å². The van der Waals surface area contributed by atoms with Gasteiger partial charge in [0, 0.05) is 10.3 Å². The molecule has 4 aromatic rings. The molecule has 0 bridgehead atoms. The Labute approximate surface area is 146 Å². The Morgan fingerprint density at radius 3 is 3.00 bits per heavy atom. The minimum Gasteiger partial charge on any atom is -0.448 e. The van der Waals surface area contributed by atoms with Crippen LogP contribution in [0.25, 0.3) is 22.1 Å². The molecule has 1 atom stereocenters. The predicted octanol–water partition coefficient (Wildman–Crippen LogP) is 2.78.